The Balaban J connectivity index is 1.54. The van der Waals surface area contributed by atoms with Crippen molar-refractivity contribution in [3.8, 4) is 0 Å². The molecule has 0 unspecified atom stereocenters. The van der Waals surface area contributed by atoms with E-state index in [4.69, 9.17) is 0 Å². The maximum atomic E-state index is 12.2. The van der Waals surface area contributed by atoms with Gasteiger partial charge in [-0.1, -0.05) is 59.8 Å². The topological polar surface area (TPSA) is 88.9 Å². The molecule has 3 aromatic rings. The van der Waals surface area contributed by atoms with E-state index < -0.39 is 11.9 Å². The average Bonchev–Trinajstić information content (AvgIpc) is 3.10. The minimum absolute atomic E-state index is 0.0732. The molecule has 0 aliphatic carbocycles. The van der Waals surface area contributed by atoms with E-state index >= 15 is 0 Å². The van der Waals surface area contributed by atoms with Gasteiger partial charge in [0.05, 0.1) is 5.75 Å². The lowest BCUT2D eigenvalue weighted by atomic mass is 10.1. The molecule has 0 atom stereocenters. The summed E-state index contributed by atoms with van der Waals surface area (Å²) >= 11 is 1.26. The number of benzene rings is 2. The van der Waals surface area contributed by atoms with Gasteiger partial charge in [0.2, 0.25) is 5.91 Å². The van der Waals surface area contributed by atoms with Gasteiger partial charge >= 0.3 is 6.03 Å². The SMILES string of the molecule is CCn1c(Cc2ccccc2)nnc1SCC(=O)NC(=O)Nc1ccc(C)cc1C. The van der Waals surface area contributed by atoms with Crippen LogP contribution in [0.4, 0.5) is 10.5 Å². The van der Waals surface area contributed by atoms with Crippen molar-refractivity contribution in [3.63, 3.8) is 0 Å². The second kappa shape index (κ2) is 10.1. The number of carbonyl (C=O) groups is 2. The first-order valence-corrected chi connectivity index (χ1v) is 10.7. The maximum absolute atomic E-state index is 12.2. The number of imide groups is 1. The van der Waals surface area contributed by atoms with Crippen LogP contribution in [0, 0.1) is 13.8 Å². The summed E-state index contributed by atoms with van der Waals surface area (Å²) in [5, 5.41) is 14.2. The van der Waals surface area contributed by atoms with E-state index in [-0.39, 0.29) is 5.75 Å². The second-order valence-electron chi connectivity index (χ2n) is 6.91. The molecule has 30 heavy (non-hydrogen) atoms. The molecule has 0 bridgehead atoms. The van der Waals surface area contributed by atoms with Crippen molar-refractivity contribution in [2.75, 3.05) is 11.1 Å². The van der Waals surface area contributed by atoms with Crippen LogP contribution in [0.25, 0.3) is 0 Å². The van der Waals surface area contributed by atoms with E-state index in [0.29, 0.717) is 23.8 Å². The zero-order valence-corrected chi connectivity index (χ0v) is 18.1. The van der Waals surface area contributed by atoms with Gasteiger partial charge in [0.15, 0.2) is 5.16 Å². The van der Waals surface area contributed by atoms with Gasteiger partial charge < -0.3 is 9.88 Å². The molecule has 0 radical (unpaired) electrons. The smallest absolute Gasteiger partial charge is 0.307 e. The number of anilines is 1. The van der Waals surface area contributed by atoms with Crippen LogP contribution in [0.2, 0.25) is 0 Å². The van der Waals surface area contributed by atoms with Crippen molar-refractivity contribution in [3.05, 3.63) is 71.0 Å². The molecule has 3 rings (SSSR count). The van der Waals surface area contributed by atoms with Crippen molar-refractivity contribution in [1.82, 2.24) is 20.1 Å². The summed E-state index contributed by atoms with van der Waals surface area (Å²) in [5.74, 6) is 0.528. The van der Waals surface area contributed by atoms with Crippen molar-refractivity contribution < 1.29 is 9.59 Å². The summed E-state index contributed by atoms with van der Waals surface area (Å²) in [7, 11) is 0. The van der Waals surface area contributed by atoms with Gasteiger partial charge in [-0.25, -0.2) is 4.79 Å². The molecule has 3 amide bonds. The van der Waals surface area contributed by atoms with Crippen LogP contribution in [-0.4, -0.2) is 32.5 Å². The zero-order valence-electron chi connectivity index (χ0n) is 17.3. The average molecular weight is 424 g/mol. The van der Waals surface area contributed by atoms with Crippen LogP contribution < -0.4 is 10.6 Å². The summed E-state index contributed by atoms with van der Waals surface area (Å²) in [6, 6.07) is 15.2. The molecular formula is C22H25N5O2S. The van der Waals surface area contributed by atoms with E-state index in [1.54, 1.807) is 0 Å². The molecule has 2 aromatic carbocycles. The highest BCUT2D eigenvalue weighted by Crippen LogP contribution is 2.19. The Morgan fingerprint density at radius 3 is 2.53 bits per heavy atom. The number of nitrogens with zero attached hydrogens (tertiary/aromatic N) is 3. The van der Waals surface area contributed by atoms with E-state index in [9.17, 15) is 9.59 Å². The van der Waals surface area contributed by atoms with Gasteiger partial charge in [-0.05, 0) is 38.0 Å². The molecule has 8 heteroatoms. The molecule has 2 N–H and O–H groups in total. The third kappa shape index (κ3) is 5.70. The fourth-order valence-corrected chi connectivity index (χ4v) is 3.87. The highest BCUT2D eigenvalue weighted by Gasteiger charge is 2.15. The molecule has 0 spiro atoms. The second-order valence-corrected chi connectivity index (χ2v) is 7.86. The molecule has 1 heterocycles. The fraction of sp³-hybridized carbons (Fsp3) is 0.273. The maximum Gasteiger partial charge on any atom is 0.325 e. The lowest BCUT2D eigenvalue weighted by Gasteiger charge is -2.10. The lowest BCUT2D eigenvalue weighted by Crippen LogP contribution is -2.35. The predicted octanol–water partition coefficient (Wildman–Crippen LogP) is 3.95. The van der Waals surface area contributed by atoms with Crippen molar-refractivity contribution in [2.45, 2.75) is 38.9 Å². The molecule has 0 aliphatic rings. The standard InChI is InChI=1S/C22H25N5O2S/c1-4-27-19(13-17-8-6-5-7-9-17)25-26-22(27)30-14-20(28)24-21(29)23-18-11-10-15(2)12-16(18)3/h5-12H,4,13-14H2,1-3H3,(H2,23,24,28,29). The van der Waals surface area contributed by atoms with Gasteiger partial charge in [-0.3, -0.25) is 10.1 Å². The molecular weight excluding hydrogens is 398 g/mol. The summed E-state index contributed by atoms with van der Waals surface area (Å²) in [5.41, 5.74) is 3.87. The van der Waals surface area contributed by atoms with Gasteiger partial charge in [-0.15, -0.1) is 10.2 Å². The Morgan fingerprint density at radius 2 is 1.83 bits per heavy atom. The first-order valence-electron chi connectivity index (χ1n) is 9.73. The first kappa shape index (κ1) is 21.6. The highest BCUT2D eigenvalue weighted by atomic mass is 32.2. The summed E-state index contributed by atoms with van der Waals surface area (Å²) < 4.78 is 1.99. The van der Waals surface area contributed by atoms with Gasteiger partial charge in [0.25, 0.3) is 0 Å². The number of thioether (sulfide) groups is 1. The molecule has 0 saturated heterocycles. The number of rotatable bonds is 7. The van der Waals surface area contributed by atoms with E-state index in [1.165, 1.54) is 11.8 Å². The third-order valence-corrected chi connectivity index (χ3v) is 5.50. The Morgan fingerprint density at radius 1 is 1.07 bits per heavy atom. The molecule has 7 nitrogen and oxygen atoms in total. The Labute approximate surface area is 180 Å². The quantitative estimate of drug-likeness (QED) is 0.562. The number of carbonyl (C=O) groups excluding carboxylic acids is 2. The van der Waals surface area contributed by atoms with Crippen LogP contribution in [-0.2, 0) is 17.8 Å². The summed E-state index contributed by atoms with van der Waals surface area (Å²) in [4.78, 5) is 24.3. The number of hydrogen-bond acceptors (Lipinski definition) is 5. The number of aromatic nitrogens is 3. The van der Waals surface area contributed by atoms with Crippen LogP contribution in [0.3, 0.4) is 0 Å². The highest BCUT2D eigenvalue weighted by molar-refractivity contribution is 7.99. The minimum Gasteiger partial charge on any atom is -0.307 e. The van der Waals surface area contributed by atoms with E-state index in [2.05, 4.69) is 20.8 Å². The van der Waals surface area contributed by atoms with Crippen molar-refractivity contribution >= 4 is 29.4 Å². The molecule has 1 aromatic heterocycles. The summed E-state index contributed by atoms with van der Waals surface area (Å²) in [6.07, 6.45) is 0.673. The molecule has 156 valence electrons. The van der Waals surface area contributed by atoms with Crippen molar-refractivity contribution in [1.29, 1.82) is 0 Å². The Kier molecular flexibility index (Phi) is 7.24. The largest absolute Gasteiger partial charge is 0.325 e. The molecule has 0 saturated carbocycles. The van der Waals surface area contributed by atoms with Crippen LogP contribution in [0.1, 0.15) is 29.4 Å². The fourth-order valence-electron chi connectivity index (χ4n) is 3.05. The number of amides is 3. The number of hydrogen-bond donors (Lipinski definition) is 2. The monoisotopic (exact) mass is 423 g/mol. The Bertz CT molecular complexity index is 1030. The normalized spacial score (nSPS) is 10.6. The van der Waals surface area contributed by atoms with Gasteiger partial charge in [0, 0.05) is 18.7 Å². The summed E-state index contributed by atoms with van der Waals surface area (Å²) in [6.45, 7) is 6.61. The van der Waals surface area contributed by atoms with E-state index in [0.717, 1.165) is 22.5 Å². The van der Waals surface area contributed by atoms with E-state index in [1.807, 2.05) is 73.9 Å². The zero-order chi connectivity index (χ0) is 21.5. The minimum atomic E-state index is -0.547. The predicted molar refractivity (Wildman–Crippen MR) is 119 cm³/mol. The third-order valence-electron chi connectivity index (χ3n) is 4.53. The van der Waals surface area contributed by atoms with Gasteiger partial charge in [-0.2, -0.15) is 0 Å². The molecule has 0 aliphatic heterocycles. The Hall–Kier alpha value is -3.13. The van der Waals surface area contributed by atoms with Crippen LogP contribution in [0.15, 0.2) is 53.7 Å². The number of aryl methyl sites for hydroxylation is 2. The van der Waals surface area contributed by atoms with Crippen LogP contribution >= 0.6 is 11.8 Å². The van der Waals surface area contributed by atoms with Crippen molar-refractivity contribution in [2.24, 2.45) is 0 Å². The lowest BCUT2D eigenvalue weighted by molar-refractivity contribution is -0.117. The molecule has 0 fully saturated rings. The number of urea groups is 1. The van der Waals surface area contributed by atoms with Gasteiger partial charge in [0.1, 0.15) is 5.82 Å². The number of nitrogens with one attached hydrogen (secondary N) is 2. The van der Waals surface area contributed by atoms with Crippen LogP contribution in [0.5, 0.6) is 0 Å². The first-order chi connectivity index (χ1) is 14.5.